The molecule has 4 rings (SSSR count). The van der Waals surface area contributed by atoms with Crippen LogP contribution in [0.3, 0.4) is 0 Å². The van der Waals surface area contributed by atoms with Gasteiger partial charge in [-0.05, 0) is 35.9 Å². The summed E-state index contributed by atoms with van der Waals surface area (Å²) in [6, 6.07) is 23.3. The number of carbonyl (C=O) groups is 1. The molecule has 0 radical (unpaired) electrons. The molecule has 1 amide bonds. The zero-order chi connectivity index (χ0) is 18.8. The SMILES string of the molecule is O=C(Nc1ccc(Cl)cc1C(O)c1ccccc1)c1cc2ccccc2o1. The van der Waals surface area contributed by atoms with Crippen LogP contribution < -0.4 is 5.32 Å². The number of anilines is 1. The van der Waals surface area contributed by atoms with Crippen LogP contribution in [0.2, 0.25) is 5.02 Å². The molecule has 1 heterocycles. The van der Waals surface area contributed by atoms with E-state index < -0.39 is 12.0 Å². The molecule has 1 unspecified atom stereocenters. The quantitative estimate of drug-likeness (QED) is 0.499. The molecule has 4 nitrogen and oxygen atoms in total. The van der Waals surface area contributed by atoms with Gasteiger partial charge in [0.25, 0.3) is 5.91 Å². The lowest BCUT2D eigenvalue weighted by Gasteiger charge is -2.17. The van der Waals surface area contributed by atoms with Crippen LogP contribution in [0.1, 0.15) is 27.8 Å². The normalized spacial score (nSPS) is 12.1. The number of rotatable bonds is 4. The van der Waals surface area contributed by atoms with Gasteiger partial charge in [-0.2, -0.15) is 0 Å². The number of furan rings is 1. The summed E-state index contributed by atoms with van der Waals surface area (Å²) in [7, 11) is 0. The van der Waals surface area contributed by atoms with Crippen molar-refractivity contribution < 1.29 is 14.3 Å². The first-order chi connectivity index (χ1) is 13.1. The van der Waals surface area contributed by atoms with E-state index in [-0.39, 0.29) is 5.76 Å². The summed E-state index contributed by atoms with van der Waals surface area (Å²) in [5.74, 6) is -0.193. The smallest absolute Gasteiger partial charge is 0.291 e. The van der Waals surface area contributed by atoms with Gasteiger partial charge in [-0.25, -0.2) is 0 Å². The number of aliphatic hydroxyl groups is 1. The van der Waals surface area contributed by atoms with Crippen LogP contribution in [0.25, 0.3) is 11.0 Å². The zero-order valence-electron chi connectivity index (χ0n) is 14.2. The second-order valence-corrected chi connectivity index (χ2v) is 6.58. The Kier molecular flexibility index (Phi) is 4.67. The Morgan fingerprint density at radius 1 is 0.963 bits per heavy atom. The number of carbonyl (C=O) groups excluding carboxylic acids is 1. The van der Waals surface area contributed by atoms with E-state index in [1.165, 1.54) is 0 Å². The average molecular weight is 378 g/mol. The Labute approximate surface area is 161 Å². The van der Waals surface area contributed by atoms with Crippen molar-refractivity contribution in [2.75, 3.05) is 5.32 Å². The van der Waals surface area contributed by atoms with Crippen LogP contribution in [0.5, 0.6) is 0 Å². The van der Waals surface area contributed by atoms with E-state index in [1.54, 1.807) is 30.3 Å². The van der Waals surface area contributed by atoms with Crippen LogP contribution in [-0.2, 0) is 0 Å². The molecule has 2 N–H and O–H groups in total. The molecule has 0 fully saturated rings. The third kappa shape index (κ3) is 3.58. The van der Waals surface area contributed by atoms with Crippen molar-refractivity contribution >= 4 is 34.2 Å². The topological polar surface area (TPSA) is 62.5 Å². The number of nitrogens with one attached hydrogen (secondary N) is 1. The highest BCUT2D eigenvalue weighted by atomic mass is 35.5. The fraction of sp³-hybridized carbons (Fsp3) is 0.0455. The molecule has 3 aromatic carbocycles. The van der Waals surface area contributed by atoms with Crippen LogP contribution in [-0.4, -0.2) is 11.0 Å². The second-order valence-electron chi connectivity index (χ2n) is 6.15. The van der Waals surface area contributed by atoms with E-state index in [1.807, 2.05) is 48.5 Å². The molecule has 0 aliphatic rings. The Morgan fingerprint density at radius 3 is 2.48 bits per heavy atom. The van der Waals surface area contributed by atoms with Crippen LogP contribution in [0.15, 0.2) is 83.3 Å². The molecule has 0 saturated carbocycles. The van der Waals surface area contributed by atoms with Gasteiger partial charge in [0.15, 0.2) is 5.76 Å². The standard InChI is InChI=1S/C22H16ClNO3/c23-16-10-11-18(17(13-16)21(25)14-6-2-1-3-7-14)24-22(26)20-12-15-8-4-5-9-19(15)27-20/h1-13,21,25H,(H,24,26). The van der Waals surface area contributed by atoms with Gasteiger partial charge in [-0.3, -0.25) is 4.79 Å². The molecule has 27 heavy (non-hydrogen) atoms. The van der Waals surface area contributed by atoms with Crippen molar-refractivity contribution in [1.82, 2.24) is 0 Å². The third-order valence-corrected chi connectivity index (χ3v) is 4.56. The predicted octanol–water partition coefficient (Wildman–Crippen LogP) is 5.42. The van der Waals surface area contributed by atoms with Gasteiger partial charge in [0.05, 0.1) is 0 Å². The van der Waals surface area contributed by atoms with Gasteiger partial charge in [0.1, 0.15) is 11.7 Å². The summed E-state index contributed by atoms with van der Waals surface area (Å²) < 4.78 is 5.61. The molecule has 1 atom stereocenters. The summed E-state index contributed by atoms with van der Waals surface area (Å²) in [4.78, 5) is 12.7. The van der Waals surface area contributed by atoms with Gasteiger partial charge in [0.2, 0.25) is 0 Å². The highest BCUT2D eigenvalue weighted by molar-refractivity contribution is 6.30. The first-order valence-electron chi connectivity index (χ1n) is 8.44. The van der Waals surface area contributed by atoms with E-state index in [0.29, 0.717) is 27.4 Å². The number of benzene rings is 3. The molecule has 134 valence electrons. The Balaban J connectivity index is 1.66. The molecule has 5 heteroatoms. The maximum Gasteiger partial charge on any atom is 0.291 e. The first kappa shape index (κ1) is 17.3. The van der Waals surface area contributed by atoms with Crippen LogP contribution in [0.4, 0.5) is 5.69 Å². The molecule has 1 aromatic heterocycles. The average Bonchev–Trinajstić information content (AvgIpc) is 3.14. The highest BCUT2D eigenvalue weighted by Gasteiger charge is 2.19. The minimum Gasteiger partial charge on any atom is -0.451 e. The van der Waals surface area contributed by atoms with E-state index in [0.717, 1.165) is 5.39 Å². The molecule has 0 aliphatic carbocycles. The fourth-order valence-electron chi connectivity index (χ4n) is 2.97. The van der Waals surface area contributed by atoms with Crippen molar-refractivity contribution in [2.45, 2.75) is 6.10 Å². The monoisotopic (exact) mass is 377 g/mol. The number of fused-ring (bicyclic) bond motifs is 1. The number of hydrogen-bond donors (Lipinski definition) is 2. The van der Waals surface area contributed by atoms with Crippen molar-refractivity contribution in [2.24, 2.45) is 0 Å². The summed E-state index contributed by atoms with van der Waals surface area (Å²) in [5.41, 5.74) is 2.33. The molecular formula is C22H16ClNO3. The Bertz CT molecular complexity index is 1070. The van der Waals surface area contributed by atoms with E-state index in [9.17, 15) is 9.90 Å². The van der Waals surface area contributed by atoms with E-state index in [4.69, 9.17) is 16.0 Å². The predicted molar refractivity (Wildman–Crippen MR) is 106 cm³/mol. The molecule has 0 bridgehead atoms. The number of hydrogen-bond acceptors (Lipinski definition) is 3. The zero-order valence-corrected chi connectivity index (χ0v) is 15.0. The molecule has 4 aromatic rings. The minimum absolute atomic E-state index is 0.200. The summed E-state index contributed by atoms with van der Waals surface area (Å²) in [6.07, 6.45) is -0.920. The maximum absolute atomic E-state index is 12.7. The van der Waals surface area contributed by atoms with Crippen LogP contribution >= 0.6 is 11.6 Å². The van der Waals surface area contributed by atoms with E-state index >= 15 is 0 Å². The lowest BCUT2D eigenvalue weighted by atomic mass is 10.00. The highest BCUT2D eigenvalue weighted by Crippen LogP contribution is 2.31. The van der Waals surface area contributed by atoms with Gasteiger partial charge in [0, 0.05) is 21.7 Å². The Morgan fingerprint density at radius 2 is 1.70 bits per heavy atom. The fourth-order valence-corrected chi connectivity index (χ4v) is 3.15. The number of amides is 1. The molecule has 0 aliphatic heterocycles. The van der Waals surface area contributed by atoms with Crippen molar-refractivity contribution in [1.29, 1.82) is 0 Å². The van der Waals surface area contributed by atoms with Gasteiger partial charge in [-0.15, -0.1) is 0 Å². The Hall–Kier alpha value is -3.08. The van der Waals surface area contributed by atoms with E-state index in [2.05, 4.69) is 5.32 Å². The lowest BCUT2D eigenvalue weighted by molar-refractivity contribution is 0.0998. The number of aliphatic hydroxyl groups excluding tert-OH is 1. The first-order valence-corrected chi connectivity index (χ1v) is 8.82. The maximum atomic E-state index is 12.7. The van der Waals surface area contributed by atoms with Crippen molar-refractivity contribution in [3.63, 3.8) is 0 Å². The van der Waals surface area contributed by atoms with Gasteiger partial charge < -0.3 is 14.8 Å². The van der Waals surface area contributed by atoms with Crippen molar-refractivity contribution in [3.8, 4) is 0 Å². The minimum atomic E-state index is -0.920. The van der Waals surface area contributed by atoms with Gasteiger partial charge >= 0.3 is 0 Å². The summed E-state index contributed by atoms with van der Waals surface area (Å²) in [5, 5.41) is 14.9. The largest absolute Gasteiger partial charge is 0.451 e. The molecule has 0 spiro atoms. The second kappa shape index (κ2) is 7.27. The summed E-state index contributed by atoms with van der Waals surface area (Å²) in [6.45, 7) is 0. The molecular weight excluding hydrogens is 362 g/mol. The number of para-hydroxylation sites is 1. The van der Waals surface area contributed by atoms with Gasteiger partial charge in [-0.1, -0.05) is 60.1 Å². The molecule has 0 saturated heterocycles. The lowest BCUT2D eigenvalue weighted by Crippen LogP contribution is -2.14. The van der Waals surface area contributed by atoms with Crippen LogP contribution in [0, 0.1) is 0 Å². The van der Waals surface area contributed by atoms with Crippen molar-refractivity contribution in [3.05, 3.63) is 101 Å². The third-order valence-electron chi connectivity index (χ3n) is 4.32. The summed E-state index contributed by atoms with van der Waals surface area (Å²) >= 11 is 6.11. The number of halogens is 1.